The molecular formula is C17H34N2O. The molecule has 0 aromatic rings. The van der Waals surface area contributed by atoms with Gasteiger partial charge in [-0.05, 0) is 32.2 Å². The maximum Gasteiger partial charge on any atom is 0.219 e. The molecule has 0 bridgehead atoms. The molecule has 1 heterocycles. The zero-order chi connectivity index (χ0) is 14.5. The second kappa shape index (κ2) is 12.2. The number of unbranched alkanes of at least 4 members (excludes halogenated alkanes) is 6. The fraction of sp³-hybridized carbons (Fsp3) is 0.941. The molecule has 0 aliphatic carbocycles. The minimum absolute atomic E-state index is 0.245. The summed E-state index contributed by atoms with van der Waals surface area (Å²) in [6.45, 7) is 4.23. The number of hydrogen-bond donors (Lipinski definition) is 2. The molecule has 0 radical (unpaired) electrons. The summed E-state index contributed by atoms with van der Waals surface area (Å²) in [7, 11) is 0. The summed E-state index contributed by atoms with van der Waals surface area (Å²) in [6, 6.07) is 0.627. The molecule has 118 valence electrons. The quantitative estimate of drug-likeness (QED) is 0.566. The number of carbonyl (C=O) groups excluding carboxylic acids is 1. The molecule has 1 unspecified atom stereocenters. The topological polar surface area (TPSA) is 41.1 Å². The predicted molar refractivity (Wildman–Crippen MR) is 85.9 cm³/mol. The first-order valence-corrected chi connectivity index (χ1v) is 8.83. The highest BCUT2D eigenvalue weighted by Crippen LogP contribution is 2.10. The van der Waals surface area contributed by atoms with Crippen LogP contribution in [0.1, 0.15) is 84.0 Å². The first-order valence-electron chi connectivity index (χ1n) is 8.83. The summed E-state index contributed by atoms with van der Waals surface area (Å²) >= 11 is 0. The van der Waals surface area contributed by atoms with Gasteiger partial charge in [0.1, 0.15) is 0 Å². The van der Waals surface area contributed by atoms with E-state index in [-0.39, 0.29) is 5.91 Å². The van der Waals surface area contributed by atoms with Crippen LogP contribution >= 0.6 is 0 Å². The lowest BCUT2D eigenvalue weighted by molar-refractivity contribution is -0.121. The van der Waals surface area contributed by atoms with Crippen molar-refractivity contribution in [2.24, 2.45) is 0 Å². The van der Waals surface area contributed by atoms with Crippen LogP contribution in [0.3, 0.4) is 0 Å². The largest absolute Gasteiger partial charge is 0.356 e. The maximum atomic E-state index is 11.7. The molecular weight excluding hydrogens is 248 g/mol. The van der Waals surface area contributed by atoms with Gasteiger partial charge in [0.05, 0.1) is 0 Å². The highest BCUT2D eigenvalue weighted by atomic mass is 16.1. The van der Waals surface area contributed by atoms with Gasteiger partial charge < -0.3 is 10.6 Å². The fourth-order valence-corrected chi connectivity index (χ4v) is 2.89. The van der Waals surface area contributed by atoms with Crippen LogP contribution in [-0.2, 0) is 4.79 Å². The summed E-state index contributed by atoms with van der Waals surface area (Å²) in [5.74, 6) is 0.245. The van der Waals surface area contributed by atoms with Crippen molar-refractivity contribution in [3.05, 3.63) is 0 Å². The van der Waals surface area contributed by atoms with Gasteiger partial charge in [-0.15, -0.1) is 0 Å². The Morgan fingerprint density at radius 3 is 2.55 bits per heavy atom. The van der Waals surface area contributed by atoms with E-state index in [2.05, 4.69) is 17.6 Å². The van der Waals surface area contributed by atoms with E-state index in [1.807, 2.05) is 0 Å². The molecule has 1 fully saturated rings. The average Bonchev–Trinajstić information content (AvgIpc) is 2.47. The van der Waals surface area contributed by atoms with Crippen LogP contribution in [0.15, 0.2) is 0 Å². The van der Waals surface area contributed by atoms with E-state index in [0.717, 1.165) is 25.9 Å². The van der Waals surface area contributed by atoms with E-state index in [4.69, 9.17) is 0 Å². The summed E-state index contributed by atoms with van der Waals surface area (Å²) in [4.78, 5) is 11.7. The van der Waals surface area contributed by atoms with Crippen molar-refractivity contribution in [2.75, 3.05) is 13.1 Å². The van der Waals surface area contributed by atoms with Crippen molar-refractivity contribution < 1.29 is 4.79 Å². The lowest BCUT2D eigenvalue weighted by Crippen LogP contribution is -2.37. The number of nitrogens with one attached hydrogen (secondary N) is 2. The van der Waals surface area contributed by atoms with Gasteiger partial charge in [0.15, 0.2) is 0 Å². The summed E-state index contributed by atoms with van der Waals surface area (Å²) in [5, 5.41) is 6.58. The number of carbonyl (C=O) groups is 1. The van der Waals surface area contributed by atoms with E-state index in [9.17, 15) is 4.79 Å². The summed E-state index contributed by atoms with van der Waals surface area (Å²) < 4.78 is 0. The van der Waals surface area contributed by atoms with Crippen LogP contribution in [0.25, 0.3) is 0 Å². The van der Waals surface area contributed by atoms with Crippen molar-refractivity contribution in [1.29, 1.82) is 0 Å². The van der Waals surface area contributed by atoms with Crippen LogP contribution in [0.2, 0.25) is 0 Å². The lowest BCUT2D eigenvalue weighted by atomic mass is 10.0. The normalized spacial score (nSPS) is 18.9. The van der Waals surface area contributed by atoms with E-state index >= 15 is 0 Å². The zero-order valence-electron chi connectivity index (χ0n) is 13.4. The molecule has 2 N–H and O–H groups in total. The van der Waals surface area contributed by atoms with Crippen LogP contribution in [-0.4, -0.2) is 25.0 Å². The van der Waals surface area contributed by atoms with Crippen LogP contribution in [0.4, 0.5) is 0 Å². The minimum Gasteiger partial charge on any atom is -0.356 e. The second-order valence-electron chi connectivity index (χ2n) is 6.16. The Bertz CT molecular complexity index is 237. The van der Waals surface area contributed by atoms with Gasteiger partial charge in [-0.3, -0.25) is 4.79 Å². The van der Waals surface area contributed by atoms with Gasteiger partial charge in [-0.1, -0.05) is 51.9 Å². The van der Waals surface area contributed by atoms with Crippen molar-refractivity contribution in [1.82, 2.24) is 10.6 Å². The highest BCUT2D eigenvalue weighted by Gasteiger charge is 2.12. The average molecular weight is 282 g/mol. The molecule has 0 aromatic heterocycles. The Balaban J connectivity index is 1.85. The van der Waals surface area contributed by atoms with Crippen LogP contribution in [0.5, 0.6) is 0 Å². The molecule has 0 aromatic carbocycles. The molecule has 1 aliphatic rings. The molecule has 20 heavy (non-hydrogen) atoms. The molecule has 3 nitrogen and oxygen atoms in total. The lowest BCUT2D eigenvalue weighted by Gasteiger charge is -2.23. The summed E-state index contributed by atoms with van der Waals surface area (Å²) in [6.07, 6.45) is 14.6. The summed E-state index contributed by atoms with van der Waals surface area (Å²) in [5.41, 5.74) is 0. The first-order chi connectivity index (χ1) is 9.83. The fourth-order valence-electron chi connectivity index (χ4n) is 2.89. The third-order valence-corrected chi connectivity index (χ3v) is 4.23. The third kappa shape index (κ3) is 9.35. The molecule has 0 saturated carbocycles. The Morgan fingerprint density at radius 1 is 1.10 bits per heavy atom. The molecule has 1 aliphatic heterocycles. The Kier molecular flexibility index (Phi) is 10.7. The molecule has 3 heteroatoms. The smallest absolute Gasteiger partial charge is 0.219 e. The van der Waals surface area contributed by atoms with Gasteiger partial charge in [0, 0.05) is 19.0 Å². The molecule has 0 spiro atoms. The highest BCUT2D eigenvalue weighted by molar-refractivity contribution is 5.75. The number of piperidine rings is 1. The van der Waals surface area contributed by atoms with Crippen molar-refractivity contribution in [2.45, 2.75) is 90.0 Å². The standard InChI is InChI=1S/C17H34N2O/c1-2-3-4-5-6-7-8-12-17(20)19-15-13-16-11-9-10-14-18-16/h16,18H,2-15H2,1H3,(H,19,20). The maximum absolute atomic E-state index is 11.7. The Labute approximate surface area is 125 Å². The Morgan fingerprint density at radius 2 is 1.85 bits per heavy atom. The number of amides is 1. The van der Waals surface area contributed by atoms with E-state index in [1.165, 1.54) is 57.8 Å². The number of rotatable bonds is 11. The van der Waals surface area contributed by atoms with Crippen molar-refractivity contribution in [3.63, 3.8) is 0 Å². The SMILES string of the molecule is CCCCCCCCCC(=O)NCCC1CCCCN1. The van der Waals surface area contributed by atoms with Crippen LogP contribution < -0.4 is 10.6 Å². The zero-order valence-corrected chi connectivity index (χ0v) is 13.4. The molecule has 1 saturated heterocycles. The van der Waals surface area contributed by atoms with Crippen molar-refractivity contribution in [3.8, 4) is 0 Å². The van der Waals surface area contributed by atoms with Crippen LogP contribution in [0, 0.1) is 0 Å². The van der Waals surface area contributed by atoms with Gasteiger partial charge in [-0.25, -0.2) is 0 Å². The van der Waals surface area contributed by atoms with Gasteiger partial charge in [0.2, 0.25) is 5.91 Å². The predicted octanol–water partition coefficient (Wildman–Crippen LogP) is 3.78. The first kappa shape index (κ1) is 17.5. The minimum atomic E-state index is 0.245. The monoisotopic (exact) mass is 282 g/mol. The van der Waals surface area contributed by atoms with Gasteiger partial charge in [0.25, 0.3) is 0 Å². The third-order valence-electron chi connectivity index (χ3n) is 4.23. The van der Waals surface area contributed by atoms with Crippen molar-refractivity contribution >= 4 is 5.91 Å². The van der Waals surface area contributed by atoms with E-state index in [0.29, 0.717) is 12.5 Å². The Hall–Kier alpha value is -0.570. The number of hydrogen-bond acceptors (Lipinski definition) is 2. The van der Waals surface area contributed by atoms with E-state index < -0.39 is 0 Å². The molecule has 1 rings (SSSR count). The second-order valence-corrected chi connectivity index (χ2v) is 6.16. The van der Waals surface area contributed by atoms with Gasteiger partial charge >= 0.3 is 0 Å². The molecule has 1 amide bonds. The van der Waals surface area contributed by atoms with Gasteiger partial charge in [-0.2, -0.15) is 0 Å². The van der Waals surface area contributed by atoms with E-state index in [1.54, 1.807) is 0 Å². The molecule has 1 atom stereocenters.